The number of ether oxygens (including phenoxy) is 1. The van der Waals surface area contributed by atoms with Gasteiger partial charge in [-0.3, -0.25) is 4.79 Å². The summed E-state index contributed by atoms with van der Waals surface area (Å²) in [6.45, 7) is 4.78. The number of benzene rings is 1. The number of rotatable bonds is 7. The Hall–Kier alpha value is -1.55. The van der Waals surface area contributed by atoms with Gasteiger partial charge in [-0.1, -0.05) is 26.0 Å². The van der Waals surface area contributed by atoms with Crippen LogP contribution in [-0.2, 0) is 11.2 Å². The number of hydrogen-bond donors (Lipinski definition) is 2. The summed E-state index contributed by atoms with van der Waals surface area (Å²) >= 11 is 0. The van der Waals surface area contributed by atoms with Crippen molar-refractivity contribution in [1.82, 2.24) is 5.32 Å². The van der Waals surface area contributed by atoms with Crippen LogP contribution in [0.2, 0.25) is 0 Å². The summed E-state index contributed by atoms with van der Waals surface area (Å²) in [7, 11) is 1.62. The van der Waals surface area contributed by atoms with Crippen molar-refractivity contribution < 1.29 is 9.53 Å². The molecular formula is C15H24N2O2. The number of methoxy groups -OCH3 is 1. The Morgan fingerprint density at radius 3 is 2.47 bits per heavy atom. The van der Waals surface area contributed by atoms with Crippen molar-refractivity contribution in [2.75, 3.05) is 13.7 Å². The summed E-state index contributed by atoms with van der Waals surface area (Å²) in [5.41, 5.74) is 6.89. The highest BCUT2D eigenvalue weighted by Crippen LogP contribution is 2.11. The Bertz CT molecular complexity index is 388. The summed E-state index contributed by atoms with van der Waals surface area (Å²) in [6.07, 6.45) is 1.29. The van der Waals surface area contributed by atoms with E-state index in [1.165, 1.54) is 0 Å². The van der Waals surface area contributed by atoms with Gasteiger partial charge < -0.3 is 15.8 Å². The van der Waals surface area contributed by atoms with Crippen LogP contribution in [0.4, 0.5) is 0 Å². The summed E-state index contributed by atoms with van der Waals surface area (Å²) in [5, 5.41) is 2.87. The third-order valence-electron chi connectivity index (χ3n) is 2.86. The fourth-order valence-corrected chi connectivity index (χ4v) is 1.93. The summed E-state index contributed by atoms with van der Waals surface area (Å²) in [4.78, 5) is 11.8. The van der Waals surface area contributed by atoms with Gasteiger partial charge in [0.2, 0.25) is 5.91 Å². The lowest BCUT2D eigenvalue weighted by Gasteiger charge is -2.14. The largest absolute Gasteiger partial charge is 0.497 e. The molecule has 1 rings (SSSR count). The second-order valence-electron chi connectivity index (χ2n) is 5.22. The zero-order valence-corrected chi connectivity index (χ0v) is 12.0. The lowest BCUT2D eigenvalue weighted by molar-refractivity contribution is -0.120. The lowest BCUT2D eigenvalue weighted by atomic mass is 10.0. The maximum Gasteiger partial charge on any atom is 0.224 e. The van der Waals surface area contributed by atoms with Crippen molar-refractivity contribution in [3.63, 3.8) is 0 Å². The van der Waals surface area contributed by atoms with Crippen LogP contribution in [0.15, 0.2) is 24.3 Å². The minimum atomic E-state index is 0.00405. The van der Waals surface area contributed by atoms with Gasteiger partial charge in [0.1, 0.15) is 5.75 Å². The maximum absolute atomic E-state index is 11.8. The summed E-state index contributed by atoms with van der Waals surface area (Å²) in [5.74, 6) is 1.35. The highest BCUT2D eigenvalue weighted by Gasteiger charge is 2.08. The van der Waals surface area contributed by atoms with E-state index in [9.17, 15) is 4.79 Å². The van der Waals surface area contributed by atoms with E-state index in [0.717, 1.165) is 17.7 Å². The Labute approximate surface area is 115 Å². The van der Waals surface area contributed by atoms with Crippen LogP contribution in [-0.4, -0.2) is 25.6 Å². The summed E-state index contributed by atoms with van der Waals surface area (Å²) < 4.78 is 5.07. The third-order valence-corrected chi connectivity index (χ3v) is 2.86. The quantitative estimate of drug-likeness (QED) is 0.788. The molecule has 3 N–H and O–H groups in total. The SMILES string of the molecule is COc1ccc(CC(=O)NCC(N)CC(C)C)cc1. The van der Waals surface area contributed by atoms with Gasteiger partial charge in [0.25, 0.3) is 0 Å². The molecule has 106 valence electrons. The van der Waals surface area contributed by atoms with Crippen molar-refractivity contribution >= 4 is 5.91 Å². The van der Waals surface area contributed by atoms with Crippen molar-refractivity contribution in [1.29, 1.82) is 0 Å². The van der Waals surface area contributed by atoms with Crippen molar-refractivity contribution in [3.8, 4) is 5.75 Å². The molecule has 0 aromatic heterocycles. The van der Waals surface area contributed by atoms with E-state index in [1.807, 2.05) is 24.3 Å². The minimum Gasteiger partial charge on any atom is -0.497 e. The Morgan fingerprint density at radius 1 is 1.32 bits per heavy atom. The molecule has 0 saturated heterocycles. The van der Waals surface area contributed by atoms with Crippen LogP contribution >= 0.6 is 0 Å². The zero-order chi connectivity index (χ0) is 14.3. The van der Waals surface area contributed by atoms with Gasteiger partial charge in [-0.05, 0) is 30.0 Å². The number of carbonyl (C=O) groups is 1. The average Bonchev–Trinajstić information content (AvgIpc) is 2.36. The molecule has 4 heteroatoms. The highest BCUT2D eigenvalue weighted by atomic mass is 16.5. The molecule has 1 aromatic rings. The van der Waals surface area contributed by atoms with Crippen molar-refractivity contribution in [2.45, 2.75) is 32.7 Å². The minimum absolute atomic E-state index is 0.00405. The molecule has 1 atom stereocenters. The Kier molecular flexibility index (Phi) is 6.36. The topological polar surface area (TPSA) is 64.3 Å². The number of nitrogens with two attached hydrogens (primary N) is 1. The van der Waals surface area contributed by atoms with Gasteiger partial charge >= 0.3 is 0 Å². The zero-order valence-electron chi connectivity index (χ0n) is 12.0. The van der Waals surface area contributed by atoms with Crippen LogP contribution in [0.5, 0.6) is 5.75 Å². The number of amides is 1. The Morgan fingerprint density at radius 2 is 1.95 bits per heavy atom. The number of nitrogens with one attached hydrogen (secondary N) is 1. The molecule has 1 aromatic carbocycles. The molecule has 0 aliphatic rings. The molecule has 0 saturated carbocycles. The lowest BCUT2D eigenvalue weighted by Crippen LogP contribution is -2.38. The molecule has 0 radical (unpaired) electrons. The number of carbonyl (C=O) groups excluding carboxylic acids is 1. The molecule has 1 unspecified atom stereocenters. The molecule has 0 aliphatic heterocycles. The number of hydrogen-bond acceptors (Lipinski definition) is 3. The van der Waals surface area contributed by atoms with Gasteiger partial charge in [-0.15, -0.1) is 0 Å². The Balaban J connectivity index is 2.34. The average molecular weight is 264 g/mol. The van der Waals surface area contributed by atoms with Crippen LogP contribution in [0.25, 0.3) is 0 Å². The molecule has 0 heterocycles. The second-order valence-corrected chi connectivity index (χ2v) is 5.22. The maximum atomic E-state index is 11.8. The first-order chi connectivity index (χ1) is 9.01. The predicted molar refractivity (Wildman–Crippen MR) is 77.1 cm³/mol. The standard InChI is InChI=1S/C15H24N2O2/c1-11(2)8-13(16)10-17-15(18)9-12-4-6-14(19-3)7-5-12/h4-7,11,13H,8-10,16H2,1-3H3,(H,17,18). The van der Waals surface area contributed by atoms with Gasteiger partial charge in [0, 0.05) is 12.6 Å². The van der Waals surface area contributed by atoms with Gasteiger partial charge in [0.05, 0.1) is 13.5 Å². The van der Waals surface area contributed by atoms with Crippen LogP contribution in [0.1, 0.15) is 25.8 Å². The van der Waals surface area contributed by atoms with Crippen molar-refractivity contribution in [3.05, 3.63) is 29.8 Å². The van der Waals surface area contributed by atoms with Crippen LogP contribution in [0.3, 0.4) is 0 Å². The first-order valence-electron chi connectivity index (χ1n) is 6.66. The normalized spacial score (nSPS) is 12.3. The second kappa shape index (κ2) is 7.79. The smallest absolute Gasteiger partial charge is 0.224 e. The molecule has 0 fully saturated rings. The summed E-state index contributed by atoms with van der Waals surface area (Å²) in [6, 6.07) is 7.53. The molecule has 0 aliphatic carbocycles. The fraction of sp³-hybridized carbons (Fsp3) is 0.533. The van der Waals surface area contributed by atoms with Crippen molar-refractivity contribution in [2.24, 2.45) is 11.7 Å². The molecular weight excluding hydrogens is 240 g/mol. The molecule has 19 heavy (non-hydrogen) atoms. The molecule has 1 amide bonds. The van der Waals surface area contributed by atoms with E-state index in [1.54, 1.807) is 7.11 Å². The van der Waals surface area contributed by atoms with Gasteiger partial charge in [0.15, 0.2) is 0 Å². The van der Waals surface area contributed by atoms with E-state index in [2.05, 4.69) is 19.2 Å². The van der Waals surface area contributed by atoms with Crippen LogP contribution < -0.4 is 15.8 Å². The van der Waals surface area contributed by atoms with E-state index < -0.39 is 0 Å². The molecule has 0 bridgehead atoms. The van der Waals surface area contributed by atoms with E-state index in [4.69, 9.17) is 10.5 Å². The van der Waals surface area contributed by atoms with Gasteiger partial charge in [-0.2, -0.15) is 0 Å². The third kappa shape index (κ3) is 6.25. The predicted octanol–water partition coefficient (Wildman–Crippen LogP) is 1.73. The molecule has 4 nitrogen and oxygen atoms in total. The first-order valence-corrected chi connectivity index (χ1v) is 6.66. The highest BCUT2D eigenvalue weighted by molar-refractivity contribution is 5.78. The van der Waals surface area contributed by atoms with E-state index in [-0.39, 0.29) is 11.9 Å². The van der Waals surface area contributed by atoms with E-state index in [0.29, 0.717) is 18.9 Å². The van der Waals surface area contributed by atoms with E-state index >= 15 is 0 Å². The monoisotopic (exact) mass is 264 g/mol. The molecule has 0 spiro atoms. The first kappa shape index (κ1) is 15.5. The van der Waals surface area contributed by atoms with Gasteiger partial charge in [-0.25, -0.2) is 0 Å². The van der Waals surface area contributed by atoms with Crippen LogP contribution in [0, 0.1) is 5.92 Å². The fourth-order valence-electron chi connectivity index (χ4n) is 1.93.